The Hall–Kier alpha value is -1.30. The third kappa shape index (κ3) is 2.20. The number of halogens is 3. The topological polar surface area (TPSA) is 56.0 Å². The molecule has 1 rings (SSSR count). The number of nitrogens with zero attached hydrogens (tertiary/aromatic N) is 2. The van der Waals surface area contributed by atoms with E-state index in [9.17, 15) is 18.9 Å². The molecule has 0 unspecified atom stereocenters. The molecule has 1 aromatic rings. The quantitative estimate of drug-likeness (QED) is 0.461. The van der Waals surface area contributed by atoms with E-state index in [1.165, 1.54) is 6.92 Å². The van der Waals surface area contributed by atoms with Crippen molar-refractivity contribution in [3.63, 3.8) is 0 Å². The first kappa shape index (κ1) is 11.8. The van der Waals surface area contributed by atoms with E-state index in [4.69, 9.17) is 11.6 Å². The molecule has 0 bridgehead atoms. The fourth-order valence-corrected chi connectivity index (χ4v) is 1.47. The summed E-state index contributed by atoms with van der Waals surface area (Å²) in [5.74, 6) is -0.704. The monoisotopic (exact) mass is 236 g/mol. The molecule has 0 amide bonds. The van der Waals surface area contributed by atoms with Crippen molar-refractivity contribution in [2.75, 3.05) is 0 Å². The number of alkyl halides is 3. The SMILES string of the molecule is Cc1c([N+](=O)[O-])ncc(CCl)c1C(F)F. The predicted molar refractivity (Wildman–Crippen MR) is 50.1 cm³/mol. The molecule has 0 saturated heterocycles. The minimum atomic E-state index is -2.79. The molecule has 0 N–H and O–H groups in total. The predicted octanol–water partition coefficient (Wildman–Crippen LogP) is 2.97. The van der Waals surface area contributed by atoms with Crippen molar-refractivity contribution in [1.29, 1.82) is 0 Å². The Morgan fingerprint density at radius 2 is 2.27 bits per heavy atom. The Labute approximate surface area is 89.0 Å². The third-order valence-corrected chi connectivity index (χ3v) is 2.25. The average molecular weight is 237 g/mol. The Balaban J connectivity index is 3.42. The molecule has 0 fully saturated rings. The Morgan fingerprint density at radius 1 is 1.67 bits per heavy atom. The maximum absolute atomic E-state index is 12.6. The van der Waals surface area contributed by atoms with Gasteiger partial charge in [0.05, 0.1) is 11.4 Å². The first-order valence-electron chi connectivity index (χ1n) is 3.96. The van der Waals surface area contributed by atoms with Crippen LogP contribution >= 0.6 is 11.6 Å². The summed E-state index contributed by atoms with van der Waals surface area (Å²) >= 11 is 5.44. The van der Waals surface area contributed by atoms with Crippen molar-refractivity contribution in [2.24, 2.45) is 0 Å². The summed E-state index contributed by atoms with van der Waals surface area (Å²) in [5.41, 5.74) is -0.408. The van der Waals surface area contributed by atoms with Crippen molar-refractivity contribution >= 4 is 17.4 Å². The van der Waals surface area contributed by atoms with E-state index in [0.29, 0.717) is 0 Å². The minimum Gasteiger partial charge on any atom is -0.358 e. The molecule has 0 aliphatic carbocycles. The standard InChI is InChI=1S/C8H7ClF2N2O2/c1-4-6(7(10)11)5(2-9)3-12-8(4)13(14)15/h3,7H,2H2,1H3. The minimum absolute atomic E-state index is 0.120. The van der Waals surface area contributed by atoms with Gasteiger partial charge in [0.15, 0.2) is 0 Å². The van der Waals surface area contributed by atoms with Crippen LogP contribution in [-0.4, -0.2) is 9.91 Å². The molecule has 0 aromatic carbocycles. The van der Waals surface area contributed by atoms with Crippen LogP contribution in [0.5, 0.6) is 0 Å². The van der Waals surface area contributed by atoms with E-state index in [0.717, 1.165) is 6.20 Å². The van der Waals surface area contributed by atoms with Gasteiger partial charge < -0.3 is 10.1 Å². The molecule has 0 aliphatic heterocycles. The smallest absolute Gasteiger partial charge is 0.358 e. The molecule has 82 valence electrons. The molecular weight excluding hydrogens is 230 g/mol. The van der Waals surface area contributed by atoms with E-state index in [1.54, 1.807) is 0 Å². The van der Waals surface area contributed by atoms with Crippen LogP contribution in [0.4, 0.5) is 14.6 Å². The average Bonchev–Trinajstić information content (AvgIpc) is 2.15. The molecule has 0 aliphatic rings. The summed E-state index contributed by atoms with van der Waals surface area (Å²) in [6, 6.07) is 0. The highest BCUT2D eigenvalue weighted by Gasteiger charge is 2.24. The molecule has 1 heterocycles. The van der Waals surface area contributed by atoms with Gasteiger partial charge in [-0.25, -0.2) is 8.78 Å². The largest absolute Gasteiger partial charge is 0.366 e. The zero-order chi connectivity index (χ0) is 11.6. The number of rotatable bonds is 3. The van der Waals surface area contributed by atoms with Crippen LogP contribution in [0.1, 0.15) is 23.1 Å². The van der Waals surface area contributed by atoms with Crippen molar-refractivity contribution in [2.45, 2.75) is 19.2 Å². The van der Waals surface area contributed by atoms with Crippen molar-refractivity contribution < 1.29 is 13.7 Å². The van der Waals surface area contributed by atoms with Gasteiger partial charge in [0.1, 0.15) is 6.20 Å². The molecule has 0 saturated carbocycles. The number of hydrogen-bond donors (Lipinski definition) is 0. The van der Waals surface area contributed by atoms with Crippen LogP contribution in [0.25, 0.3) is 0 Å². The van der Waals surface area contributed by atoms with Gasteiger partial charge in [-0.2, -0.15) is 0 Å². The fraction of sp³-hybridized carbons (Fsp3) is 0.375. The maximum atomic E-state index is 12.6. The van der Waals surface area contributed by atoms with E-state index < -0.39 is 22.7 Å². The number of nitro groups is 1. The first-order valence-corrected chi connectivity index (χ1v) is 4.49. The van der Waals surface area contributed by atoms with Gasteiger partial charge >= 0.3 is 5.82 Å². The Morgan fingerprint density at radius 3 is 2.67 bits per heavy atom. The Kier molecular flexibility index (Phi) is 3.52. The lowest BCUT2D eigenvalue weighted by atomic mass is 10.1. The molecular formula is C8H7ClF2N2O2. The lowest BCUT2D eigenvalue weighted by Gasteiger charge is -2.07. The van der Waals surface area contributed by atoms with Crippen molar-refractivity contribution in [3.05, 3.63) is 33.0 Å². The van der Waals surface area contributed by atoms with Crippen LogP contribution in [0.15, 0.2) is 6.20 Å². The van der Waals surface area contributed by atoms with Gasteiger partial charge in [0, 0.05) is 11.1 Å². The molecule has 0 atom stereocenters. The van der Waals surface area contributed by atoms with Crippen LogP contribution in [0.3, 0.4) is 0 Å². The normalized spacial score (nSPS) is 10.7. The highest BCUT2D eigenvalue weighted by Crippen LogP contribution is 2.31. The summed E-state index contributed by atoms with van der Waals surface area (Å²) in [5, 5.41) is 10.5. The molecule has 0 radical (unpaired) electrons. The summed E-state index contributed by atoms with van der Waals surface area (Å²) < 4.78 is 25.2. The zero-order valence-electron chi connectivity index (χ0n) is 7.71. The third-order valence-electron chi connectivity index (χ3n) is 1.96. The van der Waals surface area contributed by atoms with Gasteiger partial charge in [0.2, 0.25) is 0 Å². The van der Waals surface area contributed by atoms with Crippen LogP contribution in [0.2, 0.25) is 0 Å². The maximum Gasteiger partial charge on any atom is 0.366 e. The summed E-state index contributed by atoms with van der Waals surface area (Å²) in [6.45, 7) is 1.24. The van der Waals surface area contributed by atoms with Gasteiger partial charge in [-0.1, -0.05) is 0 Å². The summed E-state index contributed by atoms with van der Waals surface area (Å²) in [4.78, 5) is 13.1. The van der Waals surface area contributed by atoms with E-state index >= 15 is 0 Å². The zero-order valence-corrected chi connectivity index (χ0v) is 8.46. The number of pyridine rings is 1. The lowest BCUT2D eigenvalue weighted by Crippen LogP contribution is -2.03. The number of hydrogen-bond acceptors (Lipinski definition) is 3. The summed E-state index contributed by atoms with van der Waals surface area (Å²) in [6.07, 6.45) is -1.78. The van der Waals surface area contributed by atoms with Gasteiger partial charge in [-0.05, 0) is 16.8 Å². The second-order valence-corrected chi connectivity index (χ2v) is 3.10. The van der Waals surface area contributed by atoms with Crippen molar-refractivity contribution in [1.82, 2.24) is 4.98 Å². The molecule has 15 heavy (non-hydrogen) atoms. The summed E-state index contributed by atoms with van der Waals surface area (Å²) in [7, 11) is 0. The van der Waals surface area contributed by atoms with Crippen molar-refractivity contribution in [3.8, 4) is 0 Å². The highest BCUT2D eigenvalue weighted by molar-refractivity contribution is 6.17. The van der Waals surface area contributed by atoms with E-state index in [-0.39, 0.29) is 17.0 Å². The fourth-order valence-electron chi connectivity index (χ4n) is 1.26. The van der Waals surface area contributed by atoms with Crippen LogP contribution in [-0.2, 0) is 5.88 Å². The van der Waals surface area contributed by atoms with Gasteiger partial charge in [-0.15, -0.1) is 11.6 Å². The molecule has 7 heteroatoms. The molecule has 0 spiro atoms. The van der Waals surface area contributed by atoms with E-state index in [2.05, 4.69) is 4.98 Å². The van der Waals surface area contributed by atoms with Gasteiger partial charge in [-0.3, -0.25) is 0 Å². The first-order chi connectivity index (χ1) is 6.99. The molecule has 1 aromatic heterocycles. The lowest BCUT2D eigenvalue weighted by molar-refractivity contribution is -0.390. The second kappa shape index (κ2) is 4.48. The van der Waals surface area contributed by atoms with Gasteiger partial charge in [0.25, 0.3) is 6.43 Å². The number of aromatic nitrogens is 1. The Bertz CT molecular complexity index is 398. The van der Waals surface area contributed by atoms with E-state index in [1.807, 2.05) is 0 Å². The molecule has 4 nitrogen and oxygen atoms in total. The second-order valence-electron chi connectivity index (χ2n) is 2.84. The highest BCUT2D eigenvalue weighted by atomic mass is 35.5. The van der Waals surface area contributed by atoms with Crippen LogP contribution in [0, 0.1) is 17.0 Å². The van der Waals surface area contributed by atoms with Crippen LogP contribution < -0.4 is 0 Å².